The van der Waals surface area contributed by atoms with Crippen LogP contribution in [0.25, 0.3) is 15.9 Å². The first-order chi connectivity index (χ1) is 12.9. The Kier molecular flexibility index (Phi) is 3.28. The summed E-state index contributed by atoms with van der Waals surface area (Å²) in [6, 6.07) is 1.84. The molecule has 136 valence electrons. The van der Waals surface area contributed by atoms with Gasteiger partial charge in [0, 0.05) is 17.8 Å². The number of alkyl halides is 2. The van der Waals surface area contributed by atoms with Crippen LogP contribution in [0, 0.1) is 30.1 Å². The number of thiophene rings is 1. The minimum absolute atomic E-state index is 0.00360. The molecule has 2 unspecified atom stereocenters. The van der Waals surface area contributed by atoms with Crippen molar-refractivity contribution in [1.82, 2.24) is 19.5 Å². The van der Waals surface area contributed by atoms with Gasteiger partial charge in [-0.15, -0.1) is 11.3 Å². The average Bonchev–Trinajstić information content (AvgIpc) is 3.07. The Balaban J connectivity index is 1.69. The first kappa shape index (κ1) is 16.4. The lowest BCUT2D eigenvalue weighted by Gasteiger charge is -2.19. The summed E-state index contributed by atoms with van der Waals surface area (Å²) in [5, 5.41) is 10.7. The van der Waals surface area contributed by atoms with Crippen LogP contribution < -0.4 is 5.56 Å². The Hall–Kier alpha value is -2.73. The van der Waals surface area contributed by atoms with E-state index < -0.39 is 17.8 Å². The molecule has 3 aromatic rings. The molecule has 0 radical (unpaired) electrons. The van der Waals surface area contributed by atoms with Crippen molar-refractivity contribution in [2.75, 3.05) is 0 Å². The Morgan fingerprint density at radius 2 is 1.96 bits per heavy atom. The molecule has 3 aromatic heterocycles. The molecule has 0 aliphatic heterocycles. The molecule has 3 heterocycles. The molecule has 0 aromatic carbocycles. The Labute approximate surface area is 156 Å². The second-order valence-electron chi connectivity index (χ2n) is 7.14. The lowest BCUT2D eigenvalue weighted by molar-refractivity contribution is 0.0689. The molecule has 0 spiro atoms. The molecule has 9 heteroatoms. The van der Waals surface area contributed by atoms with Crippen LogP contribution in [-0.4, -0.2) is 25.4 Å². The van der Waals surface area contributed by atoms with Gasteiger partial charge in [0.05, 0.1) is 23.6 Å². The van der Waals surface area contributed by atoms with Crippen molar-refractivity contribution in [3.8, 4) is 11.8 Å². The third-order valence-electron chi connectivity index (χ3n) is 5.60. The zero-order valence-corrected chi connectivity index (χ0v) is 15.0. The third-order valence-corrected chi connectivity index (χ3v) is 6.67. The van der Waals surface area contributed by atoms with Crippen molar-refractivity contribution >= 4 is 21.6 Å². The number of fused-ring (bicyclic) bond motifs is 2. The summed E-state index contributed by atoms with van der Waals surface area (Å²) < 4.78 is 29.2. The quantitative estimate of drug-likeness (QED) is 0.676. The van der Waals surface area contributed by atoms with Gasteiger partial charge in [-0.25, -0.2) is 23.7 Å². The van der Waals surface area contributed by atoms with E-state index in [1.807, 2.05) is 18.4 Å². The molecule has 0 bridgehead atoms. The summed E-state index contributed by atoms with van der Waals surface area (Å²) in [5.41, 5.74) is 1.65. The van der Waals surface area contributed by atoms with Gasteiger partial charge >= 0.3 is 0 Å². The van der Waals surface area contributed by atoms with E-state index >= 15 is 0 Å². The van der Waals surface area contributed by atoms with Crippen LogP contribution in [0.1, 0.15) is 36.0 Å². The third kappa shape index (κ3) is 2.26. The van der Waals surface area contributed by atoms with Crippen LogP contribution in [-0.2, 0) is 0 Å². The number of aryl methyl sites for hydroxylation is 1. The van der Waals surface area contributed by atoms with Gasteiger partial charge < -0.3 is 0 Å². The Morgan fingerprint density at radius 3 is 2.59 bits per heavy atom. The van der Waals surface area contributed by atoms with E-state index in [1.54, 1.807) is 0 Å². The maximum Gasteiger partial charge on any atom is 0.276 e. The van der Waals surface area contributed by atoms with Crippen LogP contribution in [0.5, 0.6) is 0 Å². The molecule has 27 heavy (non-hydrogen) atoms. The van der Waals surface area contributed by atoms with E-state index in [1.165, 1.54) is 28.3 Å². The first-order valence-electron chi connectivity index (χ1n) is 8.53. The van der Waals surface area contributed by atoms with Gasteiger partial charge in [-0.05, 0) is 30.7 Å². The van der Waals surface area contributed by atoms with Gasteiger partial charge in [-0.1, -0.05) is 0 Å². The van der Waals surface area contributed by atoms with Crippen LogP contribution in [0.4, 0.5) is 8.78 Å². The highest BCUT2D eigenvalue weighted by Gasteiger charge is 2.71. The van der Waals surface area contributed by atoms with Crippen molar-refractivity contribution in [2.45, 2.75) is 31.6 Å². The highest BCUT2D eigenvalue weighted by atomic mass is 32.1. The molecule has 0 amide bonds. The van der Waals surface area contributed by atoms with Crippen LogP contribution in [0.15, 0.2) is 22.6 Å². The fourth-order valence-corrected chi connectivity index (χ4v) is 5.06. The van der Waals surface area contributed by atoms with E-state index in [0.29, 0.717) is 34.6 Å². The van der Waals surface area contributed by atoms with E-state index in [0.717, 1.165) is 5.56 Å². The molecule has 0 saturated heterocycles. The summed E-state index contributed by atoms with van der Waals surface area (Å²) in [5.74, 6) is -3.57. The lowest BCUT2D eigenvalue weighted by Crippen LogP contribution is -2.26. The number of rotatable bonds is 2. The molecule has 2 saturated carbocycles. The van der Waals surface area contributed by atoms with E-state index in [4.69, 9.17) is 10.2 Å². The number of nitrogens with zero attached hydrogens (tertiary/aromatic N) is 5. The van der Waals surface area contributed by atoms with Gasteiger partial charge in [0.25, 0.3) is 11.5 Å². The van der Waals surface area contributed by atoms with Crippen LogP contribution in [0.2, 0.25) is 0 Å². The number of aromatic nitrogens is 4. The largest absolute Gasteiger partial charge is 0.276 e. The van der Waals surface area contributed by atoms with Crippen molar-refractivity contribution in [3.05, 3.63) is 45.3 Å². The predicted octanol–water partition coefficient (Wildman–Crippen LogP) is 3.18. The molecule has 2 aliphatic rings. The van der Waals surface area contributed by atoms with Gasteiger partial charge in [-0.2, -0.15) is 5.26 Å². The first-order valence-corrected chi connectivity index (χ1v) is 9.41. The molecule has 2 atom stereocenters. The molecular formula is C18H13F2N5OS. The topological polar surface area (TPSA) is 84.5 Å². The summed E-state index contributed by atoms with van der Waals surface area (Å²) in [4.78, 5) is 25.7. The summed E-state index contributed by atoms with van der Waals surface area (Å²) in [6.07, 6.45) is 3.43. The molecular weight excluding hydrogens is 372 g/mol. The van der Waals surface area contributed by atoms with Crippen molar-refractivity contribution < 1.29 is 8.78 Å². The normalized spacial score (nSPS) is 25.3. The maximum absolute atomic E-state index is 13.6. The average molecular weight is 385 g/mol. The Bertz CT molecular complexity index is 1160. The van der Waals surface area contributed by atoms with Crippen LogP contribution in [0.3, 0.4) is 0 Å². The standard InChI is InChI=1S/C18H13F2N5OS/c1-8-7-27-15-14(8)24-16(9-2-11-12(3-9)18(11,19)20)25(17(15)26)10-5-22-13(4-21)23-6-10/h5-7,9,11-12H,2-3H2,1H3. The second kappa shape index (κ2) is 5.39. The zero-order chi connectivity index (χ0) is 18.9. The maximum atomic E-state index is 13.6. The highest BCUT2D eigenvalue weighted by Crippen LogP contribution is 2.67. The molecule has 6 nitrogen and oxygen atoms in total. The summed E-state index contributed by atoms with van der Waals surface area (Å²) in [6.45, 7) is 1.88. The van der Waals surface area contributed by atoms with E-state index in [2.05, 4.69) is 9.97 Å². The summed E-state index contributed by atoms with van der Waals surface area (Å²) >= 11 is 1.31. The molecule has 0 N–H and O–H groups in total. The highest BCUT2D eigenvalue weighted by molar-refractivity contribution is 7.17. The van der Waals surface area contributed by atoms with E-state index in [-0.39, 0.29) is 17.3 Å². The number of hydrogen-bond acceptors (Lipinski definition) is 6. The van der Waals surface area contributed by atoms with Gasteiger partial charge in [0.15, 0.2) is 0 Å². The van der Waals surface area contributed by atoms with Gasteiger partial charge in [0.1, 0.15) is 16.6 Å². The minimum Gasteiger partial charge on any atom is -0.267 e. The molecule has 2 aliphatic carbocycles. The van der Waals surface area contributed by atoms with E-state index in [9.17, 15) is 13.6 Å². The van der Waals surface area contributed by atoms with Crippen molar-refractivity contribution in [2.24, 2.45) is 11.8 Å². The molecule has 5 rings (SSSR count). The van der Waals surface area contributed by atoms with Crippen molar-refractivity contribution in [1.29, 1.82) is 5.26 Å². The lowest BCUT2D eigenvalue weighted by atomic mass is 10.0. The predicted molar refractivity (Wildman–Crippen MR) is 94.2 cm³/mol. The number of halogens is 2. The van der Waals surface area contributed by atoms with Crippen LogP contribution >= 0.6 is 11.3 Å². The Morgan fingerprint density at radius 1 is 1.30 bits per heavy atom. The monoisotopic (exact) mass is 385 g/mol. The van der Waals surface area contributed by atoms with Gasteiger partial charge in [0.2, 0.25) is 5.82 Å². The SMILES string of the molecule is Cc1csc2c(=O)n(-c3cnc(C#N)nc3)c(C3CC4C(C3)C4(F)F)nc12. The van der Waals surface area contributed by atoms with Crippen molar-refractivity contribution in [3.63, 3.8) is 0 Å². The second-order valence-corrected chi connectivity index (χ2v) is 8.02. The summed E-state index contributed by atoms with van der Waals surface area (Å²) in [7, 11) is 0. The minimum atomic E-state index is -2.58. The number of hydrogen-bond donors (Lipinski definition) is 0. The fraction of sp³-hybridized carbons (Fsp3) is 0.389. The zero-order valence-electron chi connectivity index (χ0n) is 14.2. The fourth-order valence-electron chi connectivity index (χ4n) is 4.14. The smallest absolute Gasteiger partial charge is 0.267 e. The van der Waals surface area contributed by atoms with Gasteiger partial charge in [-0.3, -0.25) is 9.36 Å². The number of nitriles is 1. The molecule has 2 fully saturated rings.